The second-order valence-corrected chi connectivity index (χ2v) is 9.72. The van der Waals surface area contributed by atoms with Crippen LogP contribution in [0.5, 0.6) is 5.75 Å². The van der Waals surface area contributed by atoms with Crippen molar-refractivity contribution in [2.75, 3.05) is 17.4 Å². The van der Waals surface area contributed by atoms with E-state index in [4.69, 9.17) is 15.9 Å². The van der Waals surface area contributed by atoms with Crippen molar-refractivity contribution in [3.63, 3.8) is 0 Å². The number of anilines is 1. The van der Waals surface area contributed by atoms with Gasteiger partial charge in [-0.05, 0) is 74.5 Å². The summed E-state index contributed by atoms with van der Waals surface area (Å²) in [6.07, 6.45) is 4.83. The van der Waals surface area contributed by atoms with Crippen LogP contribution in [0.15, 0.2) is 42.5 Å². The summed E-state index contributed by atoms with van der Waals surface area (Å²) in [4.78, 5) is 12.5. The van der Waals surface area contributed by atoms with E-state index < -0.39 is 10.9 Å². The molecule has 2 aromatic rings. The third kappa shape index (κ3) is 7.62. The largest absolute Gasteiger partial charge is 0.426 e. The Hall–Kier alpha value is -2.75. The van der Waals surface area contributed by atoms with Crippen LogP contribution in [0.1, 0.15) is 62.1 Å². The fourth-order valence-electron chi connectivity index (χ4n) is 4.33. The molecular formula is C26H36N4O4S. The van der Waals surface area contributed by atoms with Gasteiger partial charge in [-0.1, -0.05) is 37.6 Å². The van der Waals surface area contributed by atoms with Gasteiger partial charge in [-0.15, -0.1) is 0 Å². The highest BCUT2D eigenvalue weighted by Crippen LogP contribution is 2.28. The molecule has 35 heavy (non-hydrogen) atoms. The van der Waals surface area contributed by atoms with E-state index in [1.165, 1.54) is 4.31 Å². The predicted molar refractivity (Wildman–Crippen MR) is 140 cm³/mol. The first-order valence-corrected chi connectivity index (χ1v) is 13.4. The standard InChI is InChI=1S/C26H36N4O4S/c1-2-4-24(28)20-9-7-19(8-10-20)5-3-6-26(31)34-25-12-11-23(17-21(25)18-27)30(35(32)33)22-13-15-29-16-14-22/h7-12,17,22,28-29,35H,2-6,13-16,18,27H2,1H3. The van der Waals surface area contributed by atoms with Crippen LogP contribution in [0.3, 0.4) is 0 Å². The zero-order valence-electron chi connectivity index (χ0n) is 20.3. The summed E-state index contributed by atoms with van der Waals surface area (Å²) in [7, 11) is -2.80. The van der Waals surface area contributed by atoms with Gasteiger partial charge in [0.1, 0.15) is 5.75 Å². The quantitative estimate of drug-likeness (QED) is 0.153. The van der Waals surface area contributed by atoms with E-state index in [-0.39, 0.29) is 25.0 Å². The van der Waals surface area contributed by atoms with Gasteiger partial charge in [-0.3, -0.25) is 9.10 Å². The van der Waals surface area contributed by atoms with Crippen LogP contribution in [-0.2, 0) is 28.7 Å². The Balaban J connectivity index is 1.57. The number of carbonyl (C=O) groups is 1. The number of nitrogens with one attached hydrogen (secondary N) is 2. The Morgan fingerprint density at radius 2 is 1.86 bits per heavy atom. The minimum Gasteiger partial charge on any atom is -0.426 e. The smallest absolute Gasteiger partial charge is 0.311 e. The molecule has 0 atom stereocenters. The Kier molecular flexibility index (Phi) is 10.3. The van der Waals surface area contributed by atoms with Crippen molar-refractivity contribution in [2.45, 2.75) is 64.5 Å². The molecule has 0 amide bonds. The van der Waals surface area contributed by atoms with Gasteiger partial charge >= 0.3 is 5.97 Å². The molecule has 8 nitrogen and oxygen atoms in total. The number of hydrogen-bond acceptors (Lipinski definition) is 7. The molecule has 0 aliphatic carbocycles. The maximum atomic E-state index is 12.5. The minimum absolute atomic E-state index is 0.0947. The summed E-state index contributed by atoms with van der Waals surface area (Å²) in [6.45, 7) is 3.74. The molecule has 1 aliphatic heterocycles. The molecule has 0 unspecified atom stereocenters. The lowest BCUT2D eigenvalue weighted by Gasteiger charge is -2.32. The third-order valence-corrected chi connectivity index (χ3v) is 7.14. The first-order chi connectivity index (χ1) is 16.9. The van der Waals surface area contributed by atoms with E-state index in [1.807, 2.05) is 24.3 Å². The summed E-state index contributed by atoms with van der Waals surface area (Å²) in [5.74, 6) is 0.0188. The highest BCUT2D eigenvalue weighted by Gasteiger charge is 2.24. The van der Waals surface area contributed by atoms with Crippen molar-refractivity contribution in [3.05, 3.63) is 59.2 Å². The number of nitrogens with zero attached hydrogens (tertiary/aromatic N) is 1. The van der Waals surface area contributed by atoms with Gasteiger partial charge in [0.15, 0.2) is 0 Å². The number of carbonyl (C=O) groups excluding carboxylic acids is 1. The van der Waals surface area contributed by atoms with Gasteiger partial charge in [0, 0.05) is 30.3 Å². The number of esters is 1. The van der Waals surface area contributed by atoms with E-state index in [9.17, 15) is 13.2 Å². The van der Waals surface area contributed by atoms with Crippen LogP contribution in [-0.4, -0.2) is 39.2 Å². The van der Waals surface area contributed by atoms with Crippen LogP contribution >= 0.6 is 0 Å². The van der Waals surface area contributed by atoms with Gasteiger partial charge in [0.25, 0.3) is 0 Å². The fourth-order valence-corrected chi connectivity index (χ4v) is 5.15. The van der Waals surface area contributed by atoms with Crippen molar-refractivity contribution >= 4 is 28.3 Å². The molecule has 1 saturated heterocycles. The van der Waals surface area contributed by atoms with Gasteiger partial charge in [-0.25, -0.2) is 8.42 Å². The molecule has 0 radical (unpaired) electrons. The van der Waals surface area contributed by atoms with E-state index >= 15 is 0 Å². The highest BCUT2D eigenvalue weighted by atomic mass is 32.2. The van der Waals surface area contributed by atoms with Crippen LogP contribution in [0.4, 0.5) is 5.69 Å². The Morgan fingerprint density at radius 1 is 1.14 bits per heavy atom. The van der Waals surface area contributed by atoms with Crippen molar-refractivity contribution < 1.29 is 17.9 Å². The molecule has 0 bridgehead atoms. The molecule has 9 heteroatoms. The Morgan fingerprint density at radius 3 is 2.49 bits per heavy atom. The molecule has 1 heterocycles. The first kappa shape index (κ1) is 26.8. The minimum atomic E-state index is -2.80. The summed E-state index contributed by atoms with van der Waals surface area (Å²) >= 11 is 0. The van der Waals surface area contributed by atoms with Crippen LogP contribution in [0.2, 0.25) is 0 Å². The number of benzene rings is 2. The fraction of sp³-hybridized carbons (Fsp3) is 0.462. The maximum Gasteiger partial charge on any atom is 0.311 e. The number of piperidine rings is 1. The first-order valence-electron chi connectivity index (χ1n) is 12.3. The van der Waals surface area contributed by atoms with Crippen LogP contribution in [0.25, 0.3) is 0 Å². The highest BCUT2D eigenvalue weighted by molar-refractivity contribution is 7.74. The summed E-state index contributed by atoms with van der Waals surface area (Å²) in [5, 5.41) is 11.3. The van der Waals surface area contributed by atoms with Crippen molar-refractivity contribution in [2.24, 2.45) is 5.73 Å². The molecule has 2 aromatic carbocycles. The van der Waals surface area contributed by atoms with Crippen LogP contribution in [0, 0.1) is 5.41 Å². The molecule has 3 rings (SSSR count). The van der Waals surface area contributed by atoms with E-state index in [0.717, 1.165) is 56.3 Å². The third-order valence-electron chi connectivity index (χ3n) is 6.23. The Labute approximate surface area is 209 Å². The lowest BCUT2D eigenvalue weighted by molar-refractivity contribution is -0.134. The van der Waals surface area contributed by atoms with Gasteiger partial charge in [-0.2, -0.15) is 0 Å². The second kappa shape index (κ2) is 13.4. The molecular weight excluding hydrogens is 464 g/mol. The van der Waals surface area contributed by atoms with Gasteiger partial charge in [0.2, 0.25) is 10.9 Å². The average molecular weight is 501 g/mol. The number of hydrogen-bond donors (Lipinski definition) is 4. The molecule has 0 spiro atoms. The van der Waals surface area contributed by atoms with Gasteiger partial charge < -0.3 is 21.2 Å². The van der Waals surface area contributed by atoms with E-state index in [0.29, 0.717) is 29.1 Å². The van der Waals surface area contributed by atoms with E-state index in [1.54, 1.807) is 18.2 Å². The molecule has 0 saturated carbocycles. The zero-order chi connectivity index (χ0) is 25.2. The predicted octanol–water partition coefficient (Wildman–Crippen LogP) is 3.33. The number of aryl methyl sites for hydroxylation is 1. The molecule has 4 N–H and O–H groups in total. The summed E-state index contributed by atoms with van der Waals surface area (Å²) < 4.78 is 31.0. The van der Waals surface area contributed by atoms with Crippen molar-refractivity contribution in [1.82, 2.24) is 5.32 Å². The average Bonchev–Trinajstić information content (AvgIpc) is 2.86. The maximum absolute atomic E-state index is 12.5. The number of thiol groups is 1. The topological polar surface area (TPSA) is 126 Å². The number of ether oxygens (including phenoxy) is 1. The van der Waals surface area contributed by atoms with Crippen molar-refractivity contribution in [3.8, 4) is 5.75 Å². The number of nitrogens with two attached hydrogens (primary N) is 1. The molecule has 1 fully saturated rings. The summed E-state index contributed by atoms with van der Waals surface area (Å²) in [6, 6.07) is 12.8. The number of rotatable bonds is 12. The Bertz CT molecular complexity index is 1070. The normalized spacial score (nSPS) is 14.1. The van der Waals surface area contributed by atoms with Crippen molar-refractivity contribution in [1.29, 1.82) is 5.41 Å². The monoisotopic (exact) mass is 500 g/mol. The lowest BCUT2D eigenvalue weighted by Crippen LogP contribution is -2.42. The lowest BCUT2D eigenvalue weighted by atomic mass is 10.0. The molecule has 0 aromatic heterocycles. The van der Waals surface area contributed by atoms with Crippen LogP contribution < -0.4 is 20.1 Å². The van der Waals surface area contributed by atoms with E-state index in [2.05, 4.69) is 12.2 Å². The zero-order valence-corrected chi connectivity index (χ0v) is 21.2. The molecule has 1 aliphatic rings. The van der Waals surface area contributed by atoms with Gasteiger partial charge in [0.05, 0.1) is 5.69 Å². The summed E-state index contributed by atoms with van der Waals surface area (Å²) in [5.41, 5.74) is 9.73. The second-order valence-electron chi connectivity index (χ2n) is 8.81. The molecule has 190 valence electrons. The SMILES string of the molecule is CCCC(=N)c1ccc(CCCC(=O)Oc2ccc(N(C3CCNCC3)[SH](=O)=O)cc2CN)cc1.